The van der Waals surface area contributed by atoms with Gasteiger partial charge in [0.25, 0.3) is 5.91 Å². The molecule has 1 unspecified atom stereocenters. The minimum absolute atomic E-state index is 0.212. The van der Waals surface area contributed by atoms with Crippen LogP contribution in [0.2, 0.25) is 5.02 Å². The number of nitrogens with two attached hydrogens (primary N) is 1. The average Bonchev–Trinajstić information content (AvgIpc) is 2.28. The molecule has 3 N–H and O–H groups in total. The molecule has 0 saturated carbocycles. The van der Waals surface area contributed by atoms with Crippen molar-refractivity contribution < 1.29 is 4.79 Å². The number of pyridine rings is 1. The molecule has 100 valence electrons. The largest absolute Gasteiger partial charge is 0.346 e. The summed E-state index contributed by atoms with van der Waals surface area (Å²) in [7, 11) is 0. The molecule has 1 rings (SSSR count). The molecule has 0 spiro atoms. The molecule has 4 nitrogen and oxygen atoms in total. The first-order valence-corrected chi connectivity index (χ1v) is 6.38. The van der Waals surface area contributed by atoms with Crippen molar-refractivity contribution in [3.8, 4) is 0 Å². The summed E-state index contributed by atoms with van der Waals surface area (Å²) in [5.74, 6) is 0.239. The van der Waals surface area contributed by atoms with E-state index in [1.807, 2.05) is 6.92 Å². The Morgan fingerprint density at radius 2 is 2.28 bits per heavy atom. The van der Waals surface area contributed by atoms with Crippen LogP contribution in [-0.4, -0.2) is 23.0 Å². The highest BCUT2D eigenvalue weighted by Gasteiger charge is 2.26. The lowest BCUT2D eigenvalue weighted by molar-refractivity contribution is 0.0898. The van der Waals surface area contributed by atoms with Gasteiger partial charge in [-0.2, -0.15) is 0 Å². The van der Waals surface area contributed by atoms with E-state index in [0.717, 1.165) is 6.42 Å². The van der Waals surface area contributed by atoms with Crippen molar-refractivity contribution in [2.75, 3.05) is 6.54 Å². The summed E-state index contributed by atoms with van der Waals surface area (Å²) in [5, 5.41) is 3.30. The van der Waals surface area contributed by atoms with Crippen molar-refractivity contribution in [3.05, 3.63) is 29.0 Å². The van der Waals surface area contributed by atoms with Gasteiger partial charge in [0.15, 0.2) is 0 Å². The van der Waals surface area contributed by atoms with E-state index in [-0.39, 0.29) is 5.91 Å². The second kappa shape index (κ2) is 6.16. The lowest BCUT2D eigenvalue weighted by atomic mass is 9.90. The second-order valence-electron chi connectivity index (χ2n) is 5.17. The number of rotatable bonds is 5. The number of carbonyl (C=O) groups is 1. The van der Waals surface area contributed by atoms with Crippen LogP contribution in [0.1, 0.15) is 37.6 Å². The van der Waals surface area contributed by atoms with Crippen LogP contribution in [0.25, 0.3) is 0 Å². The number of aromatic nitrogens is 1. The Kier molecular flexibility index (Phi) is 5.11. The Hall–Kier alpha value is -1.13. The highest BCUT2D eigenvalue weighted by molar-refractivity contribution is 6.33. The molecule has 0 aliphatic heterocycles. The summed E-state index contributed by atoms with van der Waals surface area (Å²) >= 11 is 5.94. The number of hydrogen-bond acceptors (Lipinski definition) is 3. The number of hydrogen-bond donors (Lipinski definition) is 2. The Morgan fingerprint density at radius 1 is 1.61 bits per heavy atom. The van der Waals surface area contributed by atoms with E-state index < -0.39 is 5.54 Å². The van der Waals surface area contributed by atoms with E-state index in [9.17, 15) is 4.79 Å². The van der Waals surface area contributed by atoms with E-state index in [4.69, 9.17) is 17.3 Å². The topological polar surface area (TPSA) is 68.0 Å². The van der Waals surface area contributed by atoms with Gasteiger partial charge in [-0.25, -0.2) is 0 Å². The monoisotopic (exact) mass is 269 g/mol. The van der Waals surface area contributed by atoms with E-state index in [1.165, 1.54) is 6.20 Å². The SMILES string of the molecule is CC(C)CC(C)(CN)NC(=O)c1ccncc1Cl. The van der Waals surface area contributed by atoms with E-state index in [0.29, 0.717) is 23.0 Å². The fourth-order valence-corrected chi connectivity index (χ4v) is 2.19. The molecular weight excluding hydrogens is 250 g/mol. The summed E-state index contributed by atoms with van der Waals surface area (Å²) < 4.78 is 0. The molecule has 0 aliphatic rings. The van der Waals surface area contributed by atoms with Crippen LogP contribution in [0, 0.1) is 5.92 Å². The average molecular weight is 270 g/mol. The molecule has 0 radical (unpaired) electrons. The van der Waals surface area contributed by atoms with Gasteiger partial charge in [0.05, 0.1) is 10.6 Å². The lowest BCUT2D eigenvalue weighted by Crippen LogP contribution is -2.52. The van der Waals surface area contributed by atoms with Crippen molar-refractivity contribution in [1.82, 2.24) is 10.3 Å². The summed E-state index contributed by atoms with van der Waals surface area (Å²) in [5.41, 5.74) is 5.77. The lowest BCUT2D eigenvalue weighted by Gasteiger charge is -2.31. The number of halogens is 1. The van der Waals surface area contributed by atoms with Crippen molar-refractivity contribution in [3.63, 3.8) is 0 Å². The molecule has 0 fully saturated rings. The fourth-order valence-electron chi connectivity index (χ4n) is 1.99. The van der Waals surface area contributed by atoms with Gasteiger partial charge in [-0.05, 0) is 25.3 Å². The molecule has 18 heavy (non-hydrogen) atoms. The van der Waals surface area contributed by atoms with Gasteiger partial charge < -0.3 is 11.1 Å². The van der Waals surface area contributed by atoms with Crippen LogP contribution >= 0.6 is 11.6 Å². The maximum atomic E-state index is 12.1. The minimum Gasteiger partial charge on any atom is -0.346 e. The van der Waals surface area contributed by atoms with E-state index >= 15 is 0 Å². The number of nitrogens with one attached hydrogen (secondary N) is 1. The maximum absolute atomic E-state index is 12.1. The predicted octanol–water partition coefficient (Wildman–Crippen LogP) is 2.23. The molecule has 1 aromatic heterocycles. The first kappa shape index (κ1) is 14.9. The van der Waals surface area contributed by atoms with E-state index in [1.54, 1.807) is 12.3 Å². The van der Waals surface area contributed by atoms with Crippen molar-refractivity contribution >= 4 is 17.5 Å². The molecule has 0 saturated heterocycles. The van der Waals surface area contributed by atoms with E-state index in [2.05, 4.69) is 24.1 Å². The maximum Gasteiger partial charge on any atom is 0.253 e. The molecular formula is C13H20ClN3O. The zero-order valence-corrected chi connectivity index (χ0v) is 11.8. The number of carbonyl (C=O) groups excluding carboxylic acids is 1. The number of amides is 1. The standard InChI is InChI=1S/C13H20ClN3O/c1-9(2)6-13(3,8-15)17-12(18)10-4-5-16-7-11(10)14/h4-5,7,9H,6,8,15H2,1-3H3,(H,17,18). The smallest absolute Gasteiger partial charge is 0.253 e. The van der Waals surface area contributed by atoms with Crippen LogP contribution in [0.3, 0.4) is 0 Å². The Bertz CT molecular complexity index is 422. The zero-order valence-electron chi connectivity index (χ0n) is 11.0. The van der Waals surface area contributed by atoms with Gasteiger partial charge in [0.2, 0.25) is 0 Å². The molecule has 0 bridgehead atoms. The normalized spacial score (nSPS) is 14.3. The third-order valence-corrected chi connectivity index (χ3v) is 3.04. The van der Waals surface area contributed by atoms with Gasteiger partial charge in [-0.15, -0.1) is 0 Å². The third-order valence-electron chi connectivity index (χ3n) is 2.74. The van der Waals surface area contributed by atoms with Crippen molar-refractivity contribution in [2.24, 2.45) is 11.7 Å². The Labute approximate surface area is 113 Å². The molecule has 1 atom stereocenters. The molecule has 0 aliphatic carbocycles. The molecule has 1 amide bonds. The predicted molar refractivity (Wildman–Crippen MR) is 73.6 cm³/mol. The molecule has 1 heterocycles. The van der Waals surface area contributed by atoms with Gasteiger partial charge in [-0.3, -0.25) is 9.78 Å². The molecule has 0 aromatic carbocycles. The highest BCUT2D eigenvalue weighted by Crippen LogP contribution is 2.18. The molecule has 1 aromatic rings. The van der Waals surface area contributed by atoms with Crippen LogP contribution in [0.15, 0.2) is 18.5 Å². The summed E-state index contributed by atoms with van der Waals surface area (Å²) in [6.07, 6.45) is 3.82. The van der Waals surface area contributed by atoms with Gasteiger partial charge in [-0.1, -0.05) is 25.4 Å². The summed E-state index contributed by atoms with van der Waals surface area (Å²) in [6.45, 7) is 6.53. The fraction of sp³-hybridized carbons (Fsp3) is 0.538. The number of nitrogens with zero attached hydrogens (tertiary/aromatic N) is 1. The van der Waals surface area contributed by atoms with Crippen LogP contribution in [-0.2, 0) is 0 Å². The Balaban J connectivity index is 2.83. The van der Waals surface area contributed by atoms with Gasteiger partial charge >= 0.3 is 0 Å². The highest BCUT2D eigenvalue weighted by atomic mass is 35.5. The Morgan fingerprint density at radius 3 is 2.78 bits per heavy atom. The third kappa shape index (κ3) is 3.96. The van der Waals surface area contributed by atoms with Gasteiger partial charge in [0.1, 0.15) is 0 Å². The summed E-state index contributed by atoms with van der Waals surface area (Å²) in [6, 6.07) is 1.60. The van der Waals surface area contributed by atoms with Crippen LogP contribution in [0.4, 0.5) is 0 Å². The van der Waals surface area contributed by atoms with Crippen molar-refractivity contribution in [2.45, 2.75) is 32.7 Å². The summed E-state index contributed by atoms with van der Waals surface area (Å²) in [4.78, 5) is 16.0. The first-order chi connectivity index (χ1) is 8.38. The second-order valence-corrected chi connectivity index (χ2v) is 5.58. The van der Waals surface area contributed by atoms with Crippen LogP contribution < -0.4 is 11.1 Å². The van der Waals surface area contributed by atoms with Crippen molar-refractivity contribution in [1.29, 1.82) is 0 Å². The van der Waals surface area contributed by atoms with Crippen LogP contribution in [0.5, 0.6) is 0 Å². The first-order valence-electron chi connectivity index (χ1n) is 6.00. The quantitative estimate of drug-likeness (QED) is 0.861. The molecule has 5 heteroatoms. The zero-order chi connectivity index (χ0) is 13.8. The van der Waals surface area contributed by atoms with Gasteiger partial charge in [0, 0.05) is 24.5 Å². The minimum atomic E-state index is -0.419.